The molecule has 0 saturated carbocycles. The van der Waals surface area contributed by atoms with E-state index in [1.165, 1.54) is 0 Å². The van der Waals surface area contributed by atoms with Gasteiger partial charge in [-0.3, -0.25) is 0 Å². The zero-order chi connectivity index (χ0) is 10.1. The minimum absolute atomic E-state index is 0.523. The molecule has 0 fully saturated rings. The van der Waals surface area contributed by atoms with E-state index in [0.29, 0.717) is 12.0 Å². The van der Waals surface area contributed by atoms with Crippen molar-refractivity contribution in [1.29, 1.82) is 0 Å². The van der Waals surface area contributed by atoms with Crippen LogP contribution in [0.5, 0.6) is 0 Å². The lowest BCUT2D eigenvalue weighted by Gasteiger charge is -1.97. The summed E-state index contributed by atoms with van der Waals surface area (Å²) < 4.78 is 0. The molecule has 0 saturated heterocycles. The standard InChI is InChI=1S/C7H12O2.C2H7N/c1-4-6(5(2)3)7(8)9;1-2-3/h4H2,1-3H3,(H,8,9);2-3H2,1H3. The Bertz CT molecular complexity index is 158. The second-order valence-corrected chi connectivity index (χ2v) is 2.55. The Balaban J connectivity index is 0. The first kappa shape index (κ1) is 13.7. The van der Waals surface area contributed by atoms with Crippen molar-refractivity contribution in [2.24, 2.45) is 5.73 Å². The number of allylic oxidation sites excluding steroid dienone is 1. The summed E-state index contributed by atoms with van der Waals surface area (Å²) in [5.74, 6) is -0.794. The second-order valence-electron chi connectivity index (χ2n) is 2.55. The van der Waals surface area contributed by atoms with E-state index in [1.807, 2.05) is 27.7 Å². The first-order valence-corrected chi connectivity index (χ1v) is 4.10. The Morgan fingerprint density at radius 1 is 1.33 bits per heavy atom. The van der Waals surface area contributed by atoms with Crippen LogP contribution < -0.4 is 5.73 Å². The minimum atomic E-state index is -0.794. The maximum absolute atomic E-state index is 10.3. The number of carbonyl (C=O) groups is 1. The van der Waals surface area contributed by atoms with Crippen molar-refractivity contribution in [1.82, 2.24) is 0 Å². The summed E-state index contributed by atoms with van der Waals surface area (Å²) in [4.78, 5) is 10.3. The number of aliphatic carboxylic acids is 1. The molecule has 0 unspecified atom stereocenters. The Labute approximate surface area is 74.3 Å². The molecule has 0 spiro atoms. The van der Waals surface area contributed by atoms with Crippen LogP contribution in [0.3, 0.4) is 0 Å². The molecule has 0 aromatic rings. The van der Waals surface area contributed by atoms with Gasteiger partial charge in [0, 0.05) is 5.57 Å². The van der Waals surface area contributed by atoms with Crippen molar-refractivity contribution >= 4 is 5.97 Å². The lowest BCUT2D eigenvalue weighted by molar-refractivity contribution is -0.132. The molecule has 0 bridgehead atoms. The minimum Gasteiger partial charge on any atom is -0.478 e. The average Bonchev–Trinajstić information content (AvgIpc) is 1.88. The molecule has 0 radical (unpaired) electrons. The Morgan fingerprint density at radius 3 is 1.67 bits per heavy atom. The van der Waals surface area contributed by atoms with Crippen LogP contribution in [0.4, 0.5) is 0 Å². The summed E-state index contributed by atoms with van der Waals surface area (Å²) in [7, 11) is 0. The molecule has 3 heteroatoms. The van der Waals surface area contributed by atoms with E-state index in [-0.39, 0.29) is 0 Å². The highest BCUT2D eigenvalue weighted by Crippen LogP contribution is 2.06. The van der Waals surface area contributed by atoms with Gasteiger partial charge in [0.15, 0.2) is 0 Å². The van der Waals surface area contributed by atoms with E-state index in [0.717, 1.165) is 12.1 Å². The maximum Gasteiger partial charge on any atom is 0.331 e. The molecule has 0 atom stereocenters. The zero-order valence-electron chi connectivity index (χ0n) is 8.35. The van der Waals surface area contributed by atoms with E-state index < -0.39 is 5.97 Å². The fourth-order valence-electron chi connectivity index (χ4n) is 0.719. The Kier molecular flexibility index (Phi) is 9.47. The zero-order valence-corrected chi connectivity index (χ0v) is 8.35. The van der Waals surface area contributed by atoms with Gasteiger partial charge in [-0.1, -0.05) is 19.4 Å². The summed E-state index contributed by atoms with van der Waals surface area (Å²) in [5, 5.41) is 8.49. The summed E-state index contributed by atoms with van der Waals surface area (Å²) in [5.41, 5.74) is 6.26. The third kappa shape index (κ3) is 7.28. The van der Waals surface area contributed by atoms with Crippen LogP contribution in [0.15, 0.2) is 11.1 Å². The van der Waals surface area contributed by atoms with Crippen LogP contribution >= 0.6 is 0 Å². The Hall–Kier alpha value is -0.830. The normalized spacial score (nSPS) is 8.08. The van der Waals surface area contributed by atoms with Crippen LogP contribution in [-0.4, -0.2) is 17.6 Å². The van der Waals surface area contributed by atoms with Gasteiger partial charge in [-0.2, -0.15) is 0 Å². The lowest BCUT2D eigenvalue weighted by atomic mass is 10.1. The third-order valence-electron chi connectivity index (χ3n) is 1.22. The maximum atomic E-state index is 10.3. The molecular weight excluding hydrogens is 154 g/mol. The fourth-order valence-corrected chi connectivity index (χ4v) is 0.719. The third-order valence-corrected chi connectivity index (χ3v) is 1.22. The van der Waals surface area contributed by atoms with E-state index in [2.05, 4.69) is 0 Å². The van der Waals surface area contributed by atoms with E-state index >= 15 is 0 Å². The van der Waals surface area contributed by atoms with Gasteiger partial charge in [-0.05, 0) is 26.8 Å². The van der Waals surface area contributed by atoms with Crippen molar-refractivity contribution in [3.8, 4) is 0 Å². The van der Waals surface area contributed by atoms with E-state index in [1.54, 1.807) is 0 Å². The van der Waals surface area contributed by atoms with Crippen molar-refractivity contribution in [2.45, 2.75) is 34.1 Å². The molecule has 3 nitrogen and oxygen atoms in total. The predicted octanol–water partition coefficient (Wildman–Crippen LogP) is 1.78. The number of rotatable bonds is 2. The number of hydrogen-bond acceptors (Lipinski definition) is 2. The summed E-state index contributed by atoms with van der Waals surface area (Å²) in [6.45, 7) is 8.12. The molecule has 0 aliphatic rings. The van der Waals surface area contributed by atoms with E-state index in [4.69, 9.17) is 10.8 Å². The Morgan fingerprint density at radius 2 is 1.67 bits per heavy atom. The average molecular weight is 173 g/mol. The summed E-state index contributed by atoms with van der Waals surface area (Å²) >= 11 is 0. The highest BCUT2D eigenvalue weighted by Gasteiger charge is 2.04. The van der Waals surface area contributed by atoms with Crippen LogP contribution in [0, 0.1) is 0 Å². The van der Waals surface area contributed by atoms with Crippen LogP contribution in [-0.2, 0) is 4.79 Å². The first-order valence-electron chi connectivity index (χ1n) is 4.10. The number of hydrogen-bond donors (Lipinski definition) is 2. The molecule has 0 aliphatic heterocycles. The van der Waals surface area contributed by atoms with Gasteiger partial charge in [0.05, 0.1) is 0 Å². The first-order chi connectivity index (χ1) is 5.51. The smallest absolute Gasteiger partial charge is 0.331 e. The fraction of sp³-hybridized carbons (Fsp3) is 0.667. The van der Waals surface area contributed by atoms with E-state index in [9.17, 15) is 4.79 Å². The topological polar surface area (TPSA) is 63.3 Å². The molecular formula is C9H19NO2. The molecule has 0 heterocycles. The van der Waals surface area contributed by atoms with Gasteiger partial charge in [0.25, 0.3) is 0 Å². The number of carboxylic acid groups (broad SMARTS) is 1. The lowest BCUT2D eigenvalue weighted by Crippen LogP contribution is -2.00. The predicted molar refractivity (Wildman–Crippen MR) is 51.0 cm³/mol. The molecule has 0 rings (SSSR count). The van der Waals surface area contributed by atoms with Crippen LogP contribution in [0.25, 0.3) is 0 Å². The van der Waals surface area contributed by atoms with Gasteiger partial charge in [-0.25, -0.2) is 4.79 Å². The summed E-state index contributed by atoms with van der Waals surface area (Å²) in [6.07, 6.45) is 0.609. The largest absolute Gasteiger partial charge is 0.478 e. The second kappa shape index (κ2) is 8.27. The van der Waals surface area contributed by atoms with Crippen LogP contribution in [0.1, 0.15) is 34.1 Å². The van der Waals surface area contributed by atoms with Gasteiger partial charge in [-0.15, -0.1) is 0 Å². The molecule has 3 N–H and O–H groups in total. The molecule has 72 valence electrons. The van der Waals surface area contributed by atoms with Crippen molar-refractivity contribution < 1.29 is 9.90 Å². The molecule has 12 heavy (non-hydrogen) atoms. The van der Waals surface area contributed by atoms with Gasteiger partial charge < -0.3 is 10.8 Å². The highest BCUT2D eigenvalue weighted by molar-refractivity contribution is 5.87. The molecule has 0 aromatic carbocycles. The molecule has 0 aliphatic carbocycles. The highest BCUT2D eigenvalue weighted by atomic mass is 16.4. The van der Waals surface area contributed by atoms with Gasteiger partial charge in [0.2, 0.25) is 0 Å². The van der Waals surface area contributed by atoms with Crippen molar-refractivity contribution in [3.63, 3.8) is 0 Å². The number of carboxylic acids is 1. The van der Waals surface area contributed by atoms with Gasteiger partial charge in [0.1, 0.15) is 0 Å². The quantitative estimate of drug-likeness (QED) is 0.626. The van der Waals surface area contributed by atoms with Crippen LogP contribution in [0.2, 0.25) is 0 Å². The van der Waals surface area contributed by atoms with Crippen molar-refractivity contribution in [2.75, 3.05) is 6.54 Å². The SMILES string of the molecule is CCC(C(=O)O)=C(C)C.CCN. The molecule has 0 aromatic heterocycles. The number of nitrogens with two attached hydrogens (primary N) is 1. The summed E-state index contributed by atoms with van der Waals surface area (Å²) in [6, 6.07) is 0. The van der Waals surface area contributed by atoms with Crippen molar-refractivity contribution in [3.05, 3.63) is 11.1 Å². The molecule has 0 amide bonds. The monoisotopic (exact) mass is 173 g/mol. The van der Waals surface area contributed by atoms with Gasteiger partial charge >= 0.3 is 5.97 Å².